The first-order chi connectivity index (χ1) is 10.1. The van der Waals surface area contributed by atoms with Crippen molar-refractivity contribution in [2.24, 2.45) is 5.92 Å². The van der Waals surface area contributed by atoms with E-state index < -0.39 is 5.97 Å². The highest BCUT2D eigenvalue weighted by Crippen LogP contribution is 2.25. The number of carbonyl (C=O) groups is 3. The minimum Gasteiger partial charge on any atom is -0.481 e. The highest BCUT2D eigenvalue weighted by Gasteiger charge is 2.17. The number of aliphatic carboxylic acids is 1. The Labute approximate surface area is 129 Å². The molecule has 0 saturated heterocycles. The minimum atomic E-state index is -0.860. The summed E-state index contributed by atoms with van der Waals surface area (Å²) in [4.78, 5) is 33.5. The molecule has 7 heteroatoms. The third-order valence-corrected chi connectivity index (χ3v) is 4.38. The van der Waals surface area contributed by atoms with Crippen molar-refractivity contribution >= 4 is 29.5 Å². The van der Waals surface area contributed by atoms with Crippen molar-refractivity contribution in [1.29, 1.82) is 0 Å². The zero-order valence-corrected chi connectivity index (χ0v) is 13.0. The monoisotopic (exact) mass is 316 g/mol. The summed E-state index contributed by atoms with van der Waals surface area (Å²) >= 11 is 1.25. The maximum Gasteiger partial charge on any atom is 0.313 e. The molecule has 6 nitrogen and oxygen atoms in total. The fraction of sp³-hybridized carbons (Fsp3) is 0.786. The molecule has 0 aliphatic heterocycles. The highest BCUT2D eigenvalue weighted by atomic mass is 32.2. The molecule has 2 amide bonds. The first-order valence-corrected chi connectivity index (χ1v) is 8.56. The predicted molar refractivity (Wildman–Crippen MR) is 82.2 cm³/mol. The average Bonchev–Trinajstić information content (AvgIpc) is 2.45. The lowest BCUT2D eigenvalue weighted by Crippen LogP contribution is -2.38. The van der Waals surface area contributed by atoms with E-state index in [1.54, 1.807) is 0 Å². The van der Waals surface area contributed by atoms with Crippen LogP contribution in [0.5, 0.6) is 0 Å². The van der Waals surface area contributed by atoms with Gasteiger partial charge in [-0.3, -0.25) is 14.4 Å². The van der Waals surface area contributed by atoms with Gasteiger partial charge in [-0.1, -0.05) is 19.3 Å². The van der Waals surface area contributed by atoms with E-state index in [1.165, 1.54) is 31.0 Å². The molecule has 0 spiro atoms. The molecule has 0 bridgehead atoms. The van der Waals surface area contributed by atoms with Gasteiger partial charge >= 0.3 is 5.97 Å². The van der Waals surface area contributed by atoms with Gasteiger partial charge in [-0.2, -0.15) is 0 Å². The van der Waals surface area contributed by atoms with Gasteiger partial charge in [0.1, 0.15) is 0 Å². The van der Waals surface area contributed by atoms with Crippen LogP contribution in [-0.4, -0.2) is 47.5 Å². The first kappa shape index (κ1) is 17.8. The van der Waals surface area contributed by atoms with Gasteiger partial charge in [0, 0.05) is 18.7 Å². The van der Waals surface area contributed by atoms with Crippen molar-refractivity contribution in [2.45, 2.75) is 38.5 Å². The second-order valence-electron chi connectivity index (χ2n) is 5.28. The number of rotatable bonds is 9. The van der Waals surface area contributed by atoms with Crippen LogP contribution in [0.2, 0.25) is 0 Å². The normalized spacial score (nSPS) is 15.4. The van der Waals surface area contributed by atoms with Crippen molar-refractivity contribution in [1.82, 2.24) is 10.6 Å². The molecule has 0 unspecified atom stereocenters. The molecule has 120 valence electrons. The van der Waals surface area contributed by atoms with Gasteiger partial charge in [0.2, 0.25) is 11.8 Å². The molecule has 0 aromatic carbocycles. The van der Waals surface area contributed by atoms with Crippen molar-refractivity contribution in [3.05, 3.63) is 0 Å². The predicted octanol–water partition coefficient (Wildman–Crippen LogP) is 1.01. The standard InChI is InChI=1S/C14H24N2O4S/c17-12(8-11-4-2-1-3-5-11)16-9-13(18)15-6-7-21-10-14(19)20/h11H,1-10H2,(H,15,18)(H,16,17)(H,19,20). The van der Waals surface area contributed by atoms with Crippen LogP contribution in [-0.2, 0) is 14.4 Å². The summed E-state index contributed by atoms with van der Waals surface area (Å²) in [6, 6.07) is 0. The second-order valence-corrected chi connectivity index (χ2v) is 6.39. The van der Waals surface area contributed by atoms with E-state index in [0.717, 1.165) is 12.8 Å². The van der Waals surface area contributed by atoms with Crippen LogP contribution in [0.25, 0.3) is 0 Å². The highest BCUT2D eigenvalue weighted by molar-refractivity contribution is 7.99. The Bertz CT molecular complexity index is 357. The number of hydrogen-bond donors (Lipinski definition) is 3. The molecule has 1 aliphatic carbocycles. The van der Waals surface area contributed by atoms with Gasteiger partial charge < -0.3 is 15.7 Å². The summed E-state index contributed by atoms with van der Waals surface area (Å²) in [5.41, 5.74) is 0. The Balaban J connectivity index is 2.01. The SMILES string of the molecule is O=C(O)CSCCNC(=O)CNC(=O)CC1CCCCC1. The van der Waals surface area contributed by atoms with Gasteiger partial charge in [0.15, 0.2) is 0 Å². The zero-order chi connectivity index (χ0) is 15.5. The van der Waals surface area contributed by atoms with Crippen molar-refractivity contribution in [3.63, 3.8) is 0 Å². The van der Waals surface area contributed by atoms with E-state index in [1.807, 2.05) is 0 Å². The van der Waals surface area contributed by atoms with E-state index in [9.17, 15) is 14.4 Å². The van der Waals surface area contributed by atoms with Crippen LogP contribution >= 0.6 is 11.8 Å². The zero-order valence-electron chi connectivity index (χ0n) is 12.2. The molecular formula is C14H24N2O4S. The molecule has 0 aromatic heterocycles. The van der Waals surface area contributed by atoms with E-state index >= 15 is 0 Å². The summed E-state index contributed by atoms with van der Waals surface area (Å²) in [5, 5.41) is 13.7. The fourth-order valence-corrected chi connectivity index (χ4v) is 2.95. The third-order valence-electron chi connectivity index (χ3n) is 3.44. The first-order valence-electron chi connectivity index (χ1n) is 7.41. The van der Waals surface area contributed by atoms with Gasteiger partial charge in [-0.15, -0.1) is 11.8 Å². The lowest BCUT2D eigenvalue weighted by Gasteiger charge is -2.20. The Hall–Kier alpha value is -1.24. The van der Waals surface area contributed by atoms with Crippen LogP contribution in [0.3, 0.4) is 0 Å². The lowest BCUT2D eigenvalue weighted by molar-refractivity contribution is -0.134. The lowest BCUT2D eigenvalue weighted by atomic mass is 9.87. The Kier molecular flexibility index (Phi) is 8.89. The topological polar surface area (TPSA) is 95.5 Å². The largest absolute Gasteiger partial charge is 0.481 e. The molecule has 0 heterocycles. The molecule has 1 saturated carbocycles. The number of hydrogen-bond acceptors (Lipinski definition) is 4. The van der Waals surface area contributed by atoms with Crippen LogP contribution in [0.15, 0.2) is 0 Å². The smallest absolute Gasteiger partial charge is 0.313 e. The maximum atomic E-state index is 11.7. The van der Waals surface area contributed by atoms with E-state index in [-0.39, 0.29) is 24.1 Å². The summed E-state index contributed by atoms with van der Waals surface area (Å²) < 4.78 is 0. The van der Waals surface area contributed by atoms with E-state index in [4.69, 9.17) is 5.11 Å². The number of carboxylic acid groups (broad SMARTS) is 1. The van der Waals surface area contributed by atoms with Gasteiger partial charge in [0.25, 0.3) is 0 Å². The summed E-state index contributed by atoms with van der Waals surface area (Å²) in [7, 11) is 0. The van der Waals surface area contributed by atoms with Crippen molar-refractivity contribution in [2.75, 3.05) is 24.6 Å². The number of amides is 2. The molecule has 0 radical (unpaired) electrons. The van der Waals surface area contributed by atoms with Crippen LogP contribution in [0.1, 0.15) is 38.5 Å². The van der Waals surface area contributed by atoms with Crippen LogP contribution < -0.4 is 10.6 Å². The van der Waals surface area contributed by atoms with Gasteiger partial charge in [0.05, 0.1) is 12.3 Å². The van der Waals surface area contributed by atoms with Gasteiger partial charge in [-0.25, -0.2) is 0 Å². The second kappa shape index (κ2) is 10.5. The summed E-state index contributed by atoms with van der Waals surface area (Å²) in [6.45, 7) is 0.407. The Morgan fingerprint density at radius 3 is 2.43 bits per heavy atom. The average molecular weight is 316 g/mol. The minimum absolute atomic E-state index is 0.00481. The van der Waals surface area contributed by atoms with Crippen molar-refractivity contribution in [3.8, 4) is 0 Å². The molecule has 1 rings (SSSR count). The molecule has 1 aliphatic rings. The Morgan fingerprint density at radius 2 is 1.76 bits per heavy atom. The summed E-state index contributed by atoms with van der Waals surface area (Å²) in [5.74, 6) is -0.0991. The molecule has 0 atom stereocenters. The molecular weight excluding hydrogens is 292 g/mol. The molecule has 3 N–H and O–H groups in total. The number of carbonyl (C=O) groups excluding carboxylic acids is 2. The summed E-state index contributed by atoms with van der Waals surface area (Å²) in [6.07, 6.45) is 6.40. The quantitative estimate of drug-likeness (QED) is 0.552. The number of nitrogens with one attached hydrogen (secondary N) is 2. The van der Waals surface area contributed by atoms with E-state index in [0.29, 0.717) is 24.6 Å². The van der Waals surface area contributed by atoms with Gasteiger partial charge in [-0.05, 0) is 18.8 Å². The molecule has 0 aromatic rings. The number of thioether (sulfide) groups is 1. The third kappa shape index (κ3) is 9.33. The molecule has 21 heavy (non-hydrogen) atoms. The maximum absolute atomic E-state index is 11.7. The Morgan fingerprint density at radius 1 is 1.05 bits per heavy atom. The van der Waals surface area contributed by atoms with Crippen LogP contribution in [0.4, 0.5) is 0 Å². The molecule has 1 fully saturated rings. The van der Waals surface area contributed by atoms with E-state index in [2.05, 4.69) is 10.6 Å². The number of carboxylic acids is 1. The fourth-order valence-electron chi connectivity index (χ4n) is 2.39. The van der Waals surface area contributed by atoms with Crippen LogP contribution in [0, 0.1) is 5.92 Å². The van der Waals surface area contributed by atoms with Crippen molar-refractivity contribution < 1.29 is 19.5 Å².